The molecule has 0 spiro atoms. The normalized spacial score (nSPS) is 23.0. The predicted molar refractivity (Wildman–Crippen MR) is 219 cm³/mol. The maximum Gasteiger partial charge on any atom is 0.325 e. The minimum Gasteiger partial charge on any atom is -0.462 e. The molecule has 326 valence electrons. The highest BCUT2D eigenvalue weighted by Gasteiger charge is 2.50. The first-order chi connectivity index (χ1) is 26.4. The Labute approximate surface area is 337 Å². The molecule has 1 rings (SSSR count). The zero-order valence-corrected chi connectivity index (χ0v) is 36.0. The van der Waals surface area contributed by atoms with Crippen LogP contribution in [0, 0.1) is 0 Å². The van der Waals surface area contributed by atoms with Gasteiger partial charge in [-0.25, -0.2) is 0 Å². The van der Waals surface area contributed by atoms with Crippen LogP contribution in [0.15, 0.2) is 0 Å². The van der Waals surface area contributed by atoms with E-state index in [2.05, 4.69) is 13.8 Å². The quantitative estimate of drug-likeness (QED) is 0.0204. The molecule has 0 radical (unpaired) electrons. The zero-order chi connectivity index (χ0) is 40.7. The fraction of sp³-hybridized carbons (Fsp3) is 0.951. The summed E-state index contributed by atoms with van der Waals surface area (Å²) >= 11 is 5.04. The lowest BCUT2D eigenvalue weighted by Gasteiger charge is -2.42. The molecule has 14 heteroatoms. The van der Waals surface area contributed by atoms with Gasteiger partial charge < -0.3 is 44.4 Å². The molecular weight excluding hydrogens is 747 g/mol. The Bertz CT molecular complexity index is 990. The molecule has 1 fully saturated rings. The van der Waals surface area contributed by atoms with Gasteiger partial charge in [-0.1, -0.05) is 168 Å². The molecule has 6 N–H and O–H groups in total. The van der Waals surface area contributed by atoms with Gasteiger partial charge >= 0.3 is 18.7 Å². The second kappa shape index (κ2) is 33.1. The van der Waals surface area contributed by atoms with Gasteiger partial charge in [0.25, 0.3) is 0 Å². The van der Waals surface area contributed by atoms with Gasteiger partial charge in [0.1, 0.15) is 43.2 Å². The van der Waals surface area contributed by atoms with Crippen LogP contribution in [0.4, 0.5) is 0 Å². The lowest BCUT2D eigenvalue weighted by Crippen LogP contribution is -2.64. The molecule has 0 heterocycles. The Morgan fingerprint density at radius 1 is 0.509 bits per heavy atom. The molecule has 0 saturated heterocycles. The number of ether oxygens (including phenoxy) is 2. The molecule has 0 bridgehead atoms. The average Bonchev–Trinajstić information content (AvgIpc) is 3.16. The van der Waals surface area contributed by atoms with Crippen LogP contribution in [0.1, 0.15) is 194 Å². The summed E-state index contributed by atoms with van der Waals surface area (Å²) in [5.41, 5.74) is 0. The Morgan fingerprint density at radius 3 is 1.22 bits per heavy atom. The SMILES string of the molecule is CCCCCCCCCCCCCCCC(=O)OC[C@H](COP(O)(=S)OC1[C@H](O)[C@H](O)C(O)[C@H](O)[C@H]1O)OC(=O)CCCCCCCCCCCCCCC. The molecule has 0 aromatic carbocycles. The fourth-order valence-corrected chi connectivity index (χ4v) is 8.33. The standard InChI is InChI=1S/C41H79O12PS/c1-3-5-7-9-11-13-15-17-19-21-23-25-27-29-34(42)50-31-33(32-51-54(49,55)53-41-39(47)37(45)36(44)38(46)40(41)48)52-35(43)30-28-26-24-22-20-18-16-14-12-10-8-6-4-2/h33,36-41,44-48H,3-32H2,1-2H3,(H,49,55)/t33-,36?,37-,38+,39-,40-,41?,54?/m1/s1. The molecule has 0 aromatic rings. The van der Waals surface area contributed by atoms with E-state index in [0.29, 0.717) is 12.8 Å². The number of esters is 2. The van der Waals surface area contributed by atoms with Crippen molar-refractivity contribution in [3.63, 3.8) is 0 Å². The third-order valence-electron chi connectivity index (χ3n) is 10.4. The van der Waals surface area contributed by atoms with Gasteiger partial charge in [-0.3, -0.25) is 14.1 Å². The van der Waals surface area contributed by atoms with Gasteiger partial charge in [0.2, 0.25) is 0 Å². The van der Waals surface area contributed by atoms with Crippen LogP contribution in [0.2, 0.25) is 0 Å². The smallest absolute Gasteiger partial charge is 0.325 e. The van der Waals surface area contributed by atoms with Gasteiger partial charge in [-0.2, -0.15) is 0 Å². The van der Waals surface area contributed by atoms with Crippen LogP contribution in [0.3, 0.4) is 0 Å². The second-order valence-corrected chi connectivity index (χ2v) is 18.4. The van der Waals surface area contributed by atoms with Crippen LogP contribution in [0.25, 0.3) is 0 Å². The molecule has 1 saturated carbocycles. The summed E-state index contributed by atoms with van der Waals surface area (Å²) in [6.45, 7) is -0.662. The van der Waals surface area contributed by atoms with E-state index in [9.17, 15) is 40.0 Å². The molecule has 55 heavy (non-hydrogen) atoms. The van der Waals surface area contributed by atoms with E-state index in [1.807, 2.05) is 0 Å². The van der Waals surface area contributed by atoms with Crippen molar-refractivity contribution >= 4 is 30.5 Å². The monoisotopic (exact) mass is 827 g/mol. The average molecular weight is 827 g/mol. The molecule has 1 aliphatic rings. The molecule has 0 amide bonds. The molecule has 0 aliphatic heterocycles. The third-order valence-corrected chi connectivity index (χ3v) is 12.0. The minimum absolute atomic E-state index is 0.156. The van der Waals surface area contributed by atoms with E-state index in [4.69, 9.17) is 30.3 Å². The maximum atomic E-state index is 12.8. The van der Waals surface area contributed by atoms with Crippen molar-refractivity contribution in [3.8, 4) is 0 Å². The Kier molecular flexibility index (Phi) is 31.5. The predicted octanol–water partition coefficient (Wildman–Crippen LogP) is 7.84. The van der Waals surface area contributed by atoms with Gasteiger partial charge in [0.15, 0.2) is 6.10 Å². The van der Waals surface area contributed by atoms with E-state index < -0.39 is 68.0 Å². The van der Waals surface area contributed by atoms with Gasteiger partial charge in [-0.05, 0) is 24.6 Å². The number of aliphatic hydroxyl groups is 5. The second-order valence-electron chi connectivity index (χ2n) is 15.6. The van der Waals surface area contributed by atoms with E-state index in [-0.39, 0.29) is 19.4 Å². The Balaban J connectivity index is 2.48. The van der Waals surface area contributed by atoms with Crippen LogP contribution in [0.5, 0.6) is 0 Å². The maximum absolute atomic E-state index is 12.8. The van der Waals surface area contributed by atoms with Crippen LogP contribution in [-0.2, 0) is 39.9 Å². The summed E-state index contributed by atoms with van der Waals surface area (Å²) in [7, 11) is 0. The van der Waals surface area contributed by atoms with E-state index in [1.54, 1.807) is 0 Å². The molecular formula is C41H79O12PS. The van der Waals surface area contributed by atoms with E-state index in [0.717, 1.165) is 38.5 Å². The molecule has 8 atom stereocenters. The summed E-state index contributed by atoms with van der Waals surface area (Å²) in [5, 5.41) is 50.4. The van der Waals surface area contributed by atoms with Crippen molar-refractivity contribution in [1.82, 2.24) is 0 Å². The number of hydrogen-bond acceptors (Lipinski definition) is 12. The largest absolute Gasteiger partial charge is 0.462 e. The highest BCUT2D eigenvalue weighted by molar-refractivity contribution is 8.07. The van der Waals surface area contributed by atoms with E-state index >= 15 is 0 Å². The van der Waals surface area contributed by atoms with Crippen LogP contribution >= 0.6 is 6.72 Å². The number of rotatable bonds is 36. The number of hydrogen-bond donors (Lipinski definition) is 6. The lowest BCUT2D eigenvalue weighted by atomic mass is 9.85. The third kappa shape index (κ3) is 26.1. The van der Waals surface area contributed by atoms with Crippen molar-refractivity contribution in [2.45, 2.75) is 236 Å². The number of carbonyl (C=O) groups is 2. The summed E-state index contributed by atoms with van der Waals surface area (Å²) < 4.78 is 21.6. The van der Waals surface area contributed by atoms with E-state index in [1.165, 1.54) is 116 Å². The summed E-state index contributed by atoms with van der Waals surface area (Å²) in [6, 6.07) is 0. The Morgan fingerprint density at radius 2 is 0.836 bits per heavy atom. The van der Waals surface area contributed by atoms with Crippen LogP contribution < -0.4 is 0 Å². The van der Waals surface area contributed by atoms with Crippen molar-refractivity contribution < 1.29 is 58.5 Å². The Hall–Kier alpha value is -0.730. The van der Waals surface area contributed by atoms with Gasteiger partial charge in [0.05, 0.1) is 6.61 Å². The first kappa shape index (κ1) is 52.3. The van der Waals surface area contributed by atoms with Crippen molar-refractivity contribution in [3.05, 3.63) is 0 Å². The van der Waals surface area contributed by atoms with Crippen molar-refractivity contribution in [2.75, 3.05) is 13.2 Å². The zero-order valence-electron chi connectivity index (χ0n) is 34.2. The van der Waals surface area contributed by atoms with Crippen molar-refractivity contribution in [2.24, 2.45) is 0 Å². The first-order valence-electron chi connectivity index (χ1n) is 21.8. The summed E-state index contributed by atoms with van der Waals surface area (Å²) in [4.78, 5) is 36.0. The van der Waals surface area contributed by atoms with Gasteiger partial charge in [0, 0.05) is 12.8 Å². The molecule has 1 aliphatic carbocycles. The highest BCUT2D eigenvalue weighted by Crippen LogP contribution is 2.47. The first-order valence-corrected chi connectivity index (χ1v) is 24.4. The van der Waals surface area contributed by atoms with Crippen molar-refractivity contribution in [1.29, 1.82) is 0 Å². The number of carbonyl (C=O) groups excluding carboxylic acids is 2. The fourth-order valence-electron chi connectivity index (χ4n) is 6.88. The van der Waals surface area contributed by atoms with Crippen LogP contribution in [-0.4, -0.2) is 98.3 Å². The lowest BCUT2D eigenvalue weighted by molar-refractivity contribution is -0.218. The summed E-state index contributed by atoms with van der Waals surface area (Å²) in [5.74, 6) is -0.968. The number of aliphatic hydroxyl groups excluding tert-OH is 5. The molecule has 0 aromatic heterocycles. The highest BCUT2D eigenvalue weighted by atomic mass is 32.5. The topological polar surface area (TPSA) is 192 Å². The number of unbranched alkanes of at least 4 members (excludes halogenated alkanes) is 24. The minimum atomic E-state index is -4.27. The van der Waals surface area contributed by atoms with Gasteiger partial charge in [-0.15, -0.1) is 0 Å². The summed E-state index contributed by atoms with van der Waals surface area (Å²) in [6.07, 6.45) is 18.7. The molecule has 3 unspecified atom stereocenters. The molecule has 12 nitrogen and oxygen atoms in total.